The molecule has 0 bridgehead atoms. The van der Waals surface area contributed by atoms with Crippen LogP contribution in [0.2, 0.25) is 0 Å². The highest BCUT2D eigenvalue weighted by Crippen LogP contribution is 2.34. The number of aliphatic hydroxyl groups excluding tert-OH is 1. The fourth-order valence-corrected chi connectivity index (χ4v) is 1.05. The van der Waals surface area contributed by atoms with Crippen molar-refractivity contribution in [3.8, 4) is 17.2 Å². The van der Waals surface area contributed by atoms with Crippen molar-refractivity contribution in [2.75, 3.05) is 20.3 Å². The molecule has 0 aliphatic carbocycles. The number of rotatable bonds is 5. The maximum atomic E-state index is 9.35. The maximum Gasteiger partial charge on any atom is 0.200 e. The number of hydrogen-bond acceptors (Lipinski definition) is 5. The first kappa shape index (κ1) is 11.6. The Labute approximate surface area is 87.5 Å². The summed E-state index contributed by atoms with van der Waals surface area (Å²) in [6.45, 7) is 0.143. The Morgan fingerprint density at radius 2 is 2.00 bits per heavy atom. The molecule has 1 atom stereocenters. The molecule has 0 aliphatic rings. The van der Waals surface area contributed by atoms with Crippen molar-refractivity contribution in [3.63, 3.8) is 0 Å². The van der Waals surface area contributed by atoms with Crippen LogP contribution in [0.4, 0.5) is 0 Å². The van der Waals surface area contributed by atoms with Gasteiger partial charge in [-0.3, -0.25) is 0 Å². The van der Waals surface area contributed by atoms with Crippen molar-refractivity contribution in [1.29, 1.82) is 0 Å². The SMILES string of the molecule is COCC(O)COc1cccc(O)c1O. The highest BCUT2D eigenvalue weighted by molar-refractivity contribution is 5.48. The molecule has 0 spiro atoms. The lowest BCUT2D eigenvalue weighted by Gasteiger charge is -2.12. The molecule has 0 heterocycles. The number of para-hydroxylation sites is 1. The van der Waals surface area contributed by atoms with Gasteiger partial charge in [0.05, 0.1) is 6.61 Å². The fourth-order valence-electron chi connectivity index (χ4n) is 1.05. The lowest BCUT2D eigenvalue weighted by Crippen LogP contribution is -2.22. The molecule has 5 heteroatoms. The summed E-state index contributed by atoms with van der Waals surface area (Å²) in [6.07, 6.45) is -0.767. The van der Waals surface area contributed by atoms with E-state index in [1.165, 1.54) is 25.3 Å². The van der Waals surface area contributed by atoms with Crippen LogP contribution in [0.1, 0.15) is 0 Å². The molecule has 5 nitrogen and oxygen atoms in total. The average molecular weight is 214 g/mol. The number of phenolic OH excluding ortho intramolecular Hbond substituents is 2. The van der Waals surface area contributed by atoms with Crippen LogP contribution in [0, 0.1) is 0 Å². The summed E-state index contributed by atoms with van der Waals surface area (Å²) in [5.74, 6) is -0.457. The molecule has 1 aromatic carbocycles. The van der Waals surface area contributed by atoms with E-state index in [2.05, 4.69) is 0 Å². The van der Waals surface area contributed by atoms with Gasteiger partial charge in [0.25, 0.3) is 0 Å². The summed E-state index contributed by atoms with van der Waals surface area (Å²) >= 11 is 0. The summed E-state index contributed by atoms with van der Waals surface area (Å²) < 4.78 is 9.80. The molecular weight excluding hydrogens is 200 g/mol. The third kappa shape index (κ3) is 3.30. The van der Waals surface area contributed by atoms with Gasteiger partial charge in [-0.1, -0.05) is 6.07 Å². The van der Waals surface area contributed by atoms with Crippen molar-refractivity contribution in [1.82, 2.24) is 0 Å². The summed E-state index contributed by atoms with van der Waals surface area (Å²) in [5, 5.41) is 27.8. The number of benzene rings is 1. The third-order valence-electron chi connectivity index (χ3n) is 1.77. The first-order valence-electron chi connectivity index (χ1n) is 4.46. The monoisotopic (exact) mass is 214 g/mol. The Bertz CT molecular complexity index is 313. The van der Waals surface area contributed by atoms with E-state index < -0.39 is 6.10 Å². The second-order valence-corrected chi connectivity index (χ2v) is 3.04. The van der Waals surface area contributed by atoms with Gasteiger partial charge in [-0.2, -0.15) is 0 Å². The molecule has 1 unspecified atom stereocenters. The van der Waals surface area contributed by atoms with E-state index in [9.17, 15) is 10.2 Å². The molecular formula is C10H14O5. The minimum absolute atomic E-state index is 0.00907. The first-order chi connectivity index (χ1) is 7.15. The second-order valence-electron chi connectivity index (χ2n) is 3.04. The molecule has 0 aromatic heterocycles. The molecule has 1 rings (SSSR count). The standard InChI is InChI=1S/C10H14O5/c1-14-5-7(11)6-15-9-4-2-3-8(12)10(9)13/h2-4,7,11-13H,5-6H2,1H3. The van der Waals surface area contributed by atoms with Crippen LogP contribution >= 0.6 is 0 Å². The van der Waals surface area contributed by atoms with Gasteiger partial charge >= 0.3 is 0 Å². The van der Waals surface area contributed by atoms with E-state index in [4.69, 9.17) is 14.6 Å². The number of ether oxygens (including phenoxy) is 2. The van der Waals surface area contributed by atoms with Gasteiger partial charge in [-0.25, -0.2) is 0 Å². The first-order valence-corrected chi connectivity index (χ1v) is 4.46. The van der Waals surface area contributed by atoms with Crippen molar-refractivity contribution >= 4 is 0 Å². The molecule has 15 heavy (non-hydrogen) atoms. The van der Waals surface area contributed by atoms with E-state index in [0.29, 0.717) is 0 Å². The van der Waals surface area contributed by atoms with Gasteiger partial charge in [0, 0.05) is 7.11 Å². The van der Waals surface area contributed by atoms with Crippen molar-refractivity contribution < 1.29 is 24.8 Å². The molecule has 0 saturated carbocycles. The van der Waals surface area contributed by atoms with Crippen LogP contribution in [-0.2, 0) is 4.74 Å². The lowest BCUT2D eigenvalue weighted by atomic mass is 10.3. The molecule has 0 amide bonds. The lowest BCUT2D eigenvalue weighted by molar-refractivity contribution is 0.0318. The topological polar surface area (TPSA) is 79.2 Å². The predicted molar refractivity (Wildman–Crippen MR) is 53.1 cm³/mol. The number of aromatic hydroxyl groups is 2. The molecule has 0 aliphatic heterocycles. The van der Waals surface area contributed by atoms with Crippen LogP contribution in [0.25, 0.3) is 0 Å². The smallest absolute Gasteiger partial charge is 0.200 e. The zero-order chi connectivity index (χ0) is 11.3. The Balaban J connectivity index is 2.54. The number of hydrogen-bond donors (Lipinski definition) is 3. The summed E-state index contributed by atoms with van der Waals surface area (Å²) in [7, 11) is 1.47. The van der Waals surface area contributed by atoms with Crippen molar-refractivity contribution in [2.45, 2.75) is 6.10 Å². The summed E-state index contributed by atoms with van der Waals surface area (Å²) in [4.78, 5) is 0. The molecule has 3 N–H and O–H groups in total. The van der Waals surface area contributed by atoms with Crippen LogP contribution < -0.4 is 4.74 Å². The van der Waals surface area contributed by atoms with Crippen molar-refractivity contribution in [3.05, 3.63) is 18.2 Å². The van der Waals surface area contributed by atoms with Gasteiger partial charge in [-0.15, -0.1) is 0 Å². The normalized spacial score (nSPS) is 12.4. The second kappa shape index (κ2) is 5.43. The van der Waals surface area contributed by atoms with E-state index >= 15 is 0 Å². The fraction of sp³-hybridized carbons (Fsp3) is 0.400. The largest absolute Gasteiger partial charge is 0.504 e. The zero-order valence-electron chi connectivity index (χ0n) is 8.38. The van der Waals surface area contributed by atoms with Crippen LogP contribution in [0.15, 0.2) is 18.2 Å². The Morgan fingerprint density at radius 1 is 1.27 bits per heavy atom. The number of methoxy groups -OCH3 is 1. The summed E-state index contributed by atoms with van der Waals surface area (Å²) in [5.41, 5.74) is 0. The van der Waals surface area contributed by atoms with Gasteiger partial charge in [0.2, 0.25) is 5.75 Å². The highest BCUT2D eigenvalue weighted by Gasteiger charge is 2.09. The summed E-state index contributed by atoms with van der Waals surface area (Å²) in [6, 6.07) is 4.37. The van der Waals surface area contributed by atoms with Gasteiger partial charge in [0.15, 0.2) is 11.5 Å². The maximum absolute atomic E-state index is 9.35. The van der Waals surface area contributed by atoms with Gasteiger partial charge < -0.3 is 24.8 Å². The van der Waals surface area contributed by atoms with Gasteiger partial charge in [0.1, 0.15) is 12.7 Å². The third-order valence-corrected chi connectivity index (χ3v) is 1.77. The quantitative estimate of drug-likeness (QED) is 0.621. The number of phenols is 2. The van der Waals surface area contributed by atoms with E-state index in [1.807, 2.05) is 0 Å². The van der Waals surface area contributed by atoms with E-state index in [1.54, 1.807) is 0 Å². The molecule has 0 fully saturated rings. The van der Waals surface area contributed by atoms with E-state index in [0.717, 1.165) is 0 Å². The number of aliphatic hydroxyl groups is 1. The minimum atomic E-state index is -0.767. The minimum Gasteiger partial charge on any atom is -0.504 e. The molecule has 84 valence electrons. The Morgan fingerprint density at radius 3 is 2.67 bits per heavy atom. The average Bonchev–Trinajstić information content (AvgIpc) is 2.21. The van der Waals surface area contributed by atoms with Crippen molar-refractivity contribution in [2.24, 2.45) is 0 Å². The molecule has 0 radical (unpaired) electrons. The highest BCUT2D eigenvalue weighted by atomic mass is 16.5. The van der Waals surface area contributed by atoms with Gasteiger partial charge in [-0.05, 0) is 12.1 Å². The molecule has 0 saturated heterocycles. The van der Waals surface area contributed by atoms with Crippen LogP contribution in [-0.4, -0.2) is 41.7 Å². The Kier molecular flexibility index (Phi) is 4.20. The zero-order valence-corrected chi connectivity index (χ0v) is 8.38. The molecule has 1 aromatic rings. The predicted octanol–water partition coefficient (Wildman–Crippen LogP) is 0.484. The van der Waals surface area contributed by atoms with Crippen LogP contribution in [0.3, 0.4) is 0 Å². The Hall–Kier alpha value is -1.46. The van der Waals surface area contributed by atoms with E-state index in [-0.39, 0.29) is 30.5 Å². The van der Waals surface area contributed by atoms with Crippen LogP contribution in [0.5, 0.6) is 17.2 Å².